The average Bonchev–Trinajstić information content (AvgIpc) is 2.94. The second-order valence-corrected chi connectivity index (χ2v) is 7.44. The largest absolute Gasteiger partial charge is 0.305 e. The molecule has 3 aromatic rings. The standard InChI is InChI=1S/C22H22N2OS/c1-5-11-24-19-10-9-17(6-2)13-20(19)26-22(24)23-21(25)14-18-8-7-15(3)16(4)12-18/h1,7-10,12-13H,6,11,14H2,2-4H3. The minimum absolute atomic E-state index is 0.152. The van der Waals surface area contributed by atoms with Gasteiger partial charge < -0.3 is 4.57 Å². The van der Waals surface area contributed by atoms with Crippen LogP contribution < -0.4 is 4.80 Å². The second kappa shape index (κ2) is 7.72. The molecule has 0 aliphatic rings. The molecule has 1 heterocycles. The fourth-order valence-electron chi connectivity index (χ4n) is 2.90. The lowest BCUT2D eigenvalue weighted by atomic mass is 10.0. The summed E-state index contributed by atoms with van der Waals surface area (Å²) in [7, 11) is 0. The Morgan fingerprint density at radius 3 is 2.62 bits per heavy atom. The Hall–Kier alpha value is -2.64. The second-order valence-electron chi connectivity index (χ2n) is 6.43. The number of hydrogen-bond acceptors (Lipinski definition) is 2. The first-order valence-electron chi connectivity index (χ1n) is 8.71. The predicted molar refractivity (Wildman–Crippen MR) is 108 cm³/mol. The highest BCUT2D eigenvalue weighted by molar-refractivity contribution is 7.16. The molecule has 3 nitrogen and oxygen atoms in total. The van der Waals surface area contributed by atoms with E-state index in [4.69, 9.17) is 6.42 Å². The normalized spacial score (nSPS) is 11.7. The van der Waals surface area contributed by atoms with E-state index < -0.39 is 0 Å². The molecule has 0 unspecified atom stereocenters. The van der Waals surface area contributed by atoms with Crippen LogP contribution in [0.25, 0.3) is 10.2 Å². The maximum Gasteiger partial charge on any atom is 0.252 e. The van der Waals surface area contributed by atoms with Crippen LogP contribution in [-0.4, -0.2) is 10.5 Å². The van der Waals surface area contributed by atoms with Crippen LogP contribution in [0.5, 0.6) is 0 Å². The number of rotatable bonds is 4. The van der Waals surface area contributed by atoms with Gasteiger partial charge in [-0.2, -0.15) is 4.99 Å². The number of carbonyl (C=O) groups excluding carboxylic acids is 1. The quantitative estimate of drug-likeness (QED) is 0.641. The molecule has 132 valence electrons. The average molecular weight is 362 g/mol. The fourth-order valence-corrected chi connectivity index (χ4v) is 4.01. The molecular weight excluding hydrogens is 340 g/mol. The molecule has 0 bridgehead atoms. The van der Waals surface area contributed by atoms with Crippen LogP contribution in [0.3, 0.4) is 0 Å². The predicted octanol–water partition coefficient (Wildman–Crippen LogP) is 4.19. The van der Waals surface area contributed by atoms with E-state index >= 15 is 0 Å². The van der Waals surface area contributed by atoms with Crippen molar-refractivity contribution in [3.05, 3.63) is 63.5 Å². The molecule has 0 saturated heterocycles. The van der Waals surface area contributed by atoms with Crippen molar-refractivity contribution in [2.24, 2.45) is 4.99 Å². The molecule has 0 spiro atoms. The van der Waals surface area contributed by atoms with E-state index in [2.05, 4.69) is 55.9 Å². The van der Waals surface area contributed by atoms with Crippen LogP contribution in [-0.2, 0) is 24.2 Å². The molecular formula is C22H22N2OS. The number of thiazole rings is 1. The molecule has 1 amide bonds. The molecule has 0 aliphatic heterocycles. The van der Waals surface area contributed by atoms with Gasteiger partial charge in [0.15, 0.2) is 4.80 Å². The van der Waals surface area contributed by atoms with E-state index in [9.17, 15) is 4.79 Å². The topological polar surface area (TPSA) is 34.4 Å². The summed E-state index contributed by atoms with van der Waals surface area (Å²) in [4.78, 5) is 17.5. The number of amides is 1. The van der Waals surface area contributed by atoms with Crippen LogP contribution in [0.15, 0.2) is 41.4 Å². The molecule has 3 rings (SSSR count). The molecule has 0 radical (unpaired) electrons. The lowest BCUT2D eigenvalue weighted by molar-refractivity contribution is -0.117. The van der Waals surface area contributed by atoms with Gasteiger partial charge in [0.05, 0.1) is 23.2 Å². The summed E-state index contributed by atoms with van der Waals surface area (Å²) in [5.41, 5.74) is 5.69. The highest BCUT2D eigenvalue weighted by atomic mass is 32.1. The summed E-state index contributed by atoms with van der Waals surface area (Å²) in [6.07, 6.45) is 6.80. The Kier molecular flexibility index (Phi) is 5.39. The van der Waals surface area contributed by atoms with E-state index in [0.717, 1.165) is 22.2 Å². The Morgan fingerprint density at radius 1 is 1.15 bits per heavy atom. The zero-order valence-corrected chi connectivity index (χ0v) is 16.2. The zero-order valence-electron chi connectivity index (χ0n) is 15.4. The number of aryl methyl sites for hydroxylation is 3. The van der Waals surface area contributed by atoms with Gasteiger partial charge in [0, 0.05) is 0 Å². The number of terminal acetylenes is 1. The van der Waals surface area contributed by atoms with Gasteiger partial charge in [-0.15, -0.1) is 6.42 Å². The maximum atomic E-state index is 12.5. The molecule has 26 heavy (non-hydrogen) atoms. The van der Waals surface area contributed by atoms with Gasteiger partial charge in [0.25, 0.3) is 5.91 Å². The van der Waals surface area contributed by atoms with Crippen molar-refractivity contribution < 1.29 is 4.79 Å². The molecule has 0 fully saturated rings. The molecule has 4 heteroatoms. The van der Waals surface area contributed by atoms with Crippen LogP contribution in [0.4, 0.5) is 0 Å². The Bertz CT molecular complexity index is 1080. The zero-order chi connectivity index (χ0) is 18.7. The summed E-state index contributed by atoms with van der Waals surface area (Å²) in [6.45, 7) is 6.65. The SMILES string of the molecule is C#CCn1c(=NC(=O)Cc2ccc(C)c(C)c2)sc2cc(CC)ccc21. The van der Waals surface area contributed by atoms with Gasteiger partial charge >= 0.3 is 0 Å². The van der Waals surface area contributed by atoms with Crippen LogP contribution >= 0.6 is 11.3 Å². The number of fused-ring (bicyclic) bond motifs is 1. The van der Waals surface area contributed by atoms with Gasteiger partial charge in [0.1, 0.15) is 0 Å². The summed E-state index contributed by atoms with van der Waals surface area (Å²) >= 11 is 1.52. The number of nitrogens with zero attached hydrogens (tertiary/aromatic N) is 2. The van der Waals surface area contributed by atoms with E-state index in [1.807, 2.05) is 16.7 Å². The minimum Gasteiger partial charge on any atom is -0.305 e. The highest BCUT2D eigenvalue weighted by Gasteiger charge is 2.09. The third kappa shape index (κ3) is 3.79. The van der Waals surface area contributed by atoms with Crippen molar-refractivity contribution in [2.45, 2.75) is 40.2 Å². The van der Waals surface area contributed by atoms with Crippen molar-refractivity contribution in [1.82, 2.24) is 4.57 Å². The molecule has 0 saturated carbocycles. The number of benzene rings is 2. The van der Waals surface area contributed by atoms with Crippen molar-refractivity contribution in [2.75, 3.05) is 0 Å². The van der Waals surface area contributed by atoms with E-state index in [0.29, 0.717) is 17.8 Å². The van der Waals surface area contributed by atoms with Crippen molar-refractivity contribution in [3.8, 4) is 12.3 Å². The van der Waals surface area contributed by atoms with E-state index in [1.165, 1.54) is 28.0 Å². The molecule has 0 aliphatic carbocycles. The molecule has 1 aromatic heterocycles. The van der Waals surface area contributed by atoms with E-state index in [-0.39, 0.29) is 5.91 Å². The van der Waals surface area contributed by atoms with Gasteiger partial charge in [-0.1, -0.05) is 48.4 Å². The monoisotopic (exact) mass is 362 g/mol. The lowest BCUT2D eigenvalue weighted by Crippen LogP contribution is -2.17. The number of carbonyl (C=O) groups is 1. The number of hydrogen-bond donors (Lipinski definition) is 0. The third-order valence-corrected chi connectivity index (χ3v) is 5.59. The van der Waals surface area contributed by atoms with E-state index in [1.54, 1.807) is 0 Å². The Labute approximate surface area is 158 Å². The molecule has 2 aromatic carbocycles. The first-order chi connectivity index (χ1) is 12.5. The lowest BCUT2D eigenvalue weighted by Gasteiger charge is -2.03. The fraction of sp³-hybridized carbons (Fsp3) is 0.273. The molecule has 0 atom stereocenters. The third-order valence-electron chi connectivity index (χ3n) is 4.55. The maximum absolute atomic E-state index is 12.5. The van der Waals surface area contributed by atoms with Gasteiger partial charge in [-0.05, 0) is 54.7 Å². The summed E-state index contributed by atoms with van der Waals surface area (Å²) in [6, 6.07) is 12.4. The number of aromatic nitrogens is 1. The summed E-state index contributed by atoms with van der Waals surface area (Å²) < 4.78 is 3.05. The van der Waals surface area contributed by atoms with Gasteiger partial charge in [-0.25, -0.2) is 0 Å². The highest BCUT2D eigenvalue weighted by Crippen LogP contribution is 2.19. The smallest absolute Gasteiger partial charge is 0.252 e. The minimum atomic E-state index is -0.152. The van der Waals surface area contributed by atoms with Gasteiger partial charge in [0.2, 0.25) is 0 Å². The first kappa shape index (κ1) is 18.2. The van der Waals surface area contributed by atoms with Crippen molar-refractivity contribution in [1.29, 1.82) is 0 Å². The Balaban J connectivity index is 1.99. The van der Waals surface area contributed by atoms with Gasteiger partial charge in [-0.3, -0.25) is 4.79 Å². The van der Waals surface area contributed by atoms with Crippen LogP contribution in [0.2, 0.25) is 0 Å². The van der Waals surface area contributed by atoms with Crippen molar-refractivity contribution in [3.63, 3.8) is 0 Å². The molecule has 0 N–H and O–H groups in total. The van der Waals surface area contributed by atoms with Crippen LogP contribution in [0, 0.1) is 26.2 Å². The van der Waals surface area contributed by atoms with Crippen molar-refractivity contribution >= 4 is 27.5 Å². The summed E-state index contributed by atoms with van der Waals surface area (Å²) in [5.74, 6) is 2.51. The first-order valence-corrected chi connectivity index (χ1v) is 9.53. The van der Waals surface area contributed by atoms with Crippen LogP contribution in [0.1, 0.15) is 29.2 Å². The Morgan fingerprint density at radius 2 is 1.92 bits per heavy atom. The summed E-state index contributed by atoms with van der Waals surface area (Å²) in [5, 5.41) is 0.